The van der Waals surface area contributed by atoms with Gasteiger partial charge in [-0.15, -0.1) is 0 Å². The molecule has 2 saturated heterocycles. The fourth-order valence-corrected chi connectivity index (χ4v) is 3.41. The van der Waals surface area contributed by atoms with E-state index < -0.39 is 12.3 Å². The predicted molar refractivity (Wildman–Crippen MR) is 84.1 cm³/mol. The number of anilines is 1. The van der Waals surface area contributed by atoms with Gasteiger partial charge in [0.05, 0.1) is 5.41 Å². The summed E-state index contributed by atoms with van der Waals surface area (Å²) in [6.45, 7) is 3.32. The SMILES string of the molecule is C[C@@H](Oc1ccc(N2CCC3(CCNCC3)C2=O)cc1)C(F)(F)F. The molecule has 1 spiro atoms. The highest BCUT2D eigenvalue weighted by molar-refractivity contribution is 6.00. The number of rotatable bonds is 3. The summed E-state index contributed by atoms with van der Waals surface area (Å²) in [4.78, 5) is 14.5. The monoisotopic (exact) mass is 342 g/mol. The summed E-state index contributed by atoms with van der Waals surface area (Å²) in [7, 11) is 0. The zero-order valence-electron chi connectivity index (χ0n) is 13.5. The number of alkyl halides is 3. The van der Waals surface area contributed by atoms with Crippen molar-refractivity contribution in [3.05, 3.63) is 24.3 Å². The molecule has 3 rings (SSSR count). The number of carbonyl (C=O) groups is 1. The third-order valence-corrected chi connectivity index (χ3v) is 5.00. The summed E-state index contributed by atoms with van der Waals surface area (Å²) in [5, 5.41) is 3.27. The minimum Gasteiger partial charge on any atom is -0.481 e. The number of carbonyl (C=O) groups excluding carboxylic acids is 1. The normalized spacial score (nSPS) is 22.0. The van der Waals surface area contributed by atoms with Crippen LogP contribution in [-0.2, 0) is 4.79 Å². The second-order valence-electron chi connectivity index (χ2n) is 6.53. The zero-order chi connectivity index (χ0) is 17.4. The number of piperidine rings is 1. The van der Waals surface area contributed by atoms with E-state index in [2.05, 4.69) is 5.32 Å². The molecule has 2 aliphatic rings. The Morgan fingerprint density at radius 3 is 2.38 bits per heavy atom. The Labute approximate surface area is 139 Å². The van der Waals surface area contributed by atoms with Gasteiger partial charge in [0.15, 0.2) is 6.10 Å². The maximum absolute atomic E-state index is 12.8. The van der Waals surface area contributed by atoms with E-state index in [4.69, 9.17) is 4.74 Å². The van der Waals surface area contributed by atoms with E-state index in [1.807, 2.05) is 0 Å². The molecule has 0 unspecified atom stereocenters. The van der Waals surface area contributed by atoms with Gasteiger partial charge < -0.3 is 15.0 Å². The lowest BCUT2D eigenvalue weighted by Gasteiger charge is -2.32. The first-order valence-electron chi connectivity index (χ1n) is 8.18. The van der Waals surface area contributed by atoms with Crippen LogP contribution in [0.15, 0.2) is 24.3 Å². The largest absolute Gasteiger partial charge is 0.481 e. The van der Waals surface area contributed by atoms with Crippen molar-refractivity contribution in [3.8, 4) is 5.75 Å². The van der Waals surface area contributed by atoms with Crippen molar-refractivity contribution in [3.63, 3.8) is 0 Å². The van der Waals surface area contributed by atoms with Crippen LogP contribution in [0.1, 0.15) is 26.2 Å². The van der Waals surface area contributed by atoms with Crippen LogP contribution in [0.25, 0.3) is 0 Å². The molecule has 132 valence electrons. The smallest absolute Gasteiger partial charge is 0.425 e. The van der Waals surface area contributed by atoms with Gasteiger partial charge in [0.2, 0.25) is 5.91 Å². The lowest BCUT2D eigenvalue weighted by Crippen LogP contribution is -2.42. The highest BCUT2D eigenvalue weighted by Gasteiger charge is 2.47. The van der Waals surface area contributed by atoms with E-state index in [1.54, 1.807) is 17.0 Å². The van der Waals surface area contributed by atoms with Crippen molar-refractivity contribution < 1.29 is 22.7 Å². The number of amides is 1. The molecule has 0 aromatic heterocycles. The quantitative estimate of drug-likeness (QED) is 0.918. The highest BCUT2D eigenvalue weighted by Crippen LogP contribution is 2.41. The van der Waals surface area contributed by atoms with Crippen LogP contribution in [0.4, 0.5) is 18.9 Å². The van der Waals surface area contributed by atoms with Gasteiger partial charge in [0, 0.05) is 12.2 Å². The Kier molecular flexibility index (Phi) is 4.46. The first-order chi connectivity index (χ1) is 11.3. The third kappa shape index (κ3) is 3.22. The fraction of sp³-hybridized carbons (Fsp3) is 0.588. The molecule has 1 aromatic carbocycles. The van der Waals surface area contributed by atoms with Gasteiger partial charge >= 0.3 is 6.18 Å². The maximum atomic E-state index is 12.8. The molecule has 0 bridgehead atoms. The van der Waals surface area contributed by atoms with E-state index in [-0.39, 0.29) is 17.1 Å². The number of ether oxygens (including phenoxy) is 1. The molecule has 7 heteroatoms. The maximum Gasteiger partial charge on any atom is 0.425 e. The predicted octanol–water partition coefficient (Wildman–Crippen LogP) is 3.12. The Morgan fingerprint density at radius 2 is 1.79 bits per heavy atom. The van der Waals surface area contributed by atoms with Crippen molar-refractivity contribution in [1.29, 1.82) is 0 Å². The highest BCUT2D eigenvalue weighted by atomic mass is 19.4. The molecule has 4 nitrogen and oxygen atoms in total. The number of nitrogens with one attached hydrogen (secondary N) is 1. The summed E-state index contributed by atoms with van der Waals surface area (Å²) in [6, 6.07) is 6.27. The van der Waals surface area contributed by atoms with Crippen molar-refractivity contribution in [2.45, 2.75) is 38.5 Å². The van der Waals surface area contributed by atoms with Crippen molar-refractivity contribution in [1.82, 2.24) is 5.32 Å². The first-order valence-corrected chi connectivity index (χ1v) is 8.18. The molecular weight excluding hydrogens is 321 g/mol. The Morgan fingerprint density at radius 1 is 1.17 bits per heavy atom. The molecule has 1 aromatic rings. The number of halogens is 3. The van der Waals surface area contributed by atoms with E-state index in [0.717, 1.165) is 39.3 Å². The number of benzene rings is 1. The molecule has 0 aliphatic carbocycles. The van der Waals surface area contributed by atoms with Crippen LogP contribution < -0.4 is 15.0 Å². The Balaban J connectivity index is 1.69. The van der Waals surface area contributed by atoms with Crippen molar-refractivity contribution >= 4 is 11.6 Å². The van der Waals surface area contributed by atoms with Crippen LogP contribution in [0.2, 0.25) is 0 Å². The van der Waals surface area contributed by atoms with Gasteiger partial charge in [-0.3, -0.25) is 4.79 Å². The zero-order valence-corrected chi connectivity index (χ0v) is 13.5. The standard InChI is InChI=1S/C17H21F3N2O2/c1-12(17(18,19)20)24-14-4-2-13(3-5-14)22-11-8-16(15(22)23)6-9-21-10-7-16/h2-5,12,21H,6-11H2,1H3/t12-/m1/s1. The van der Waals surface area contributed by atoms with Crippen LogP contribution >= 0.6 is 0 Å². The van der Waals surface area contributed by atoms with Crippen LogP contribution in [0.3, 0.4) is 0 Å². The second kappa shape index (κ2) is 6.27. The topological polar surface area (TPSA) is 41.6 Å². The number of nitrogens with zero attached hydrogens (tertiary/aromatic N) is 1. The summed E-state index contributed by atoms with van der Waals surface area (Å²) in [5.74, 6) is 0.271. The van der Waals surface area contributed by atoms with Gasteiger partial charge in [-0.2, -0.15) is 13.2 Å². The van der Waals surface area contributed by atoms with Crippen molar-refractivity contribution in [2.75, 3.05) is 24.5 Å². The summed E-state index contributed by atoms with van der Waals surface area (Å²) in [5.41, 5.74) is 0.438. The van der Waals surface area contributed by atoms with E-state index in [9.17, 15) is 18.0 Å². The van der Waals surface area contributed by atoms with Gasteiger partial charge in [-0.1, -0.05) is 0 Å². The van der Waals surface area contributed by atoms with Crippen LogP contribution in [0.5, 0.6) is 5.75 Å². The van der Waals surface area contributed by atoms with E-state index in [1.165, 1.54) is 12.1 Å². The van der Waals surface area contributed by atoms with E-state index in [0.29, 0.717) is 12.2 Å². The molecule has 1 atom stereocenters. The molecular formula is C17H21F3N2O2. The lowest BCUT2D eigenvalue weighted by molar-refractivity contribution is -0.189. The molecule has 0 radical (unpaired) electrons. The molecule has 1 N–H and O–H groups in total. The molecule has 2 aliphatic heterocycles. The second-order valence-corrected chi connectivity index (χ2v) is 6.53. The third-order valence-electron chi connectivity index (χ3n) is 5.00. The minimum absolute atomic E-state index is 0.126. The average molecular weight is 342 g/mol. The molecule has 1 amide bonds. The summed E-state index contributed by atoms with van der Waals surface area (Å²) in [6.07, 6.45) is -3.75. The molecule has 2 heterocycles. The molecule has 2 fully saturated rings. The fourth-order valence-electron chi connectivity index (χ4n) is 3.41. The van der Waals surface area contributed by atoms with E-state index >= 15 is 0 Å². The molecule has 0 saturated carbocycles. The van der Waals surface area contributed by atoms with Gasteiger partial charge in [0.25, 0.3) is 0 Å². The Bertz CT molecular complexity index is 595. The average Bonchev–Trinajstić information content (AvgIpc) is 2.85. The van der Waals surface area contributed by atoms with Crippen LogP contribution in [-0.4, -0.2) is 37.8 Å². The summed E-state index contributed by atoms with van der Waals surface area (Å²) < 4.78 is 42.5. The summed E-state index contributed by atoms with van der Waals surface area (Å²) >= 11 is 0. The lowest BCUT2D eigenvalue weighted by atomic mass is 9.78. The van der Waals surface area contributed by atoms with Gasteiger partial charge in [-0.05, 0) is 63.5 Å². The van der Waals surface area contributed by atoms with Gasteiger partial charge in [-0.25, -0.2) is 0 Å². The molecule has 24 heavy (non-hydrogen) atoms. The van der Waals surface area contributed by atoms with Crippen molar-refractivity contribution in [2.24, 2.45) is 5.41 Å². The first kappa shape index (κ1) is 17.1. The van der Waals surface area contributed by atoms with Gasteiger partial charge in [0.1, 0.15) is 5.75 Å². The van der Waals surface area contributed by atoms with Crippen LogP contribution in [0, 0.1) is 5.41 Å². The Hall–Kier alpha value is -1.76. The minimum atomic E-state index is -4.40. The number of hydrogen-bond donors (Lipinski definition) is 1. The number of hydrogen-bond acceptors (Lipinski definition) is 3.